The van der Waals surface area contributed by atoms with Crippen molar-refractivity contribution < 1.29 is 0 Å². The Labute approximate surface area is 82.1 Å². The number of hydrogen-bond acceptors (Lipinski definition) is 3. The van der Waals surface area contributed by atoms with Crippen molar-refractivity contribution in [2.24, 2.45) is 5.92 Å². The average molecular weight is 185 g/mol. The Balaban J connectivity index is 2.22. The standard InChI is InChI=1S/C10H23N3/c1-12(2)6-4-10-8-11-5-7-13(3)9-10/h10-11H,4-9H2,1-3H3. The Bertz CT molecular complexity index is 136. The molecule has 3 heteroatoms. The molecule has 1 fully saturated rings. The minimum atomic E-state index is 0.829. The molecule has 0 amide bonds. The van der Waals surface area contributed by atoms with E-state index in [2.05, 4.69) is 36.3 Å². The number of hydrogen-bond donors (Lipinski definition) is 1. The first-order valence-corrected chi connectivity index (χ1v) is 5.22. The summed E-state index contributed by atoms with van der Waals surface area (Å²) in [5, 5.41) is 3.49. The molecule has 0 saturated carbocycles. The minimum absolute atomic E-state index is 0.829. The van der Waals surface area contributed by atoms with E-state index in [0.717, 1.165) is 12.5 Å². The van der Waals surface area contributed by atoms with Crippen LogP contribution in [0.4, 0.5) is 0 Å². The summed E-state index contributed by atoms with van der Waals surface area (Å²) in [4.78, 5) is 4.70. The van der Waals surface area contributed by atoms with E-state index in [-0.39, 0.29) is 0 Å². The van der Waals surface area contributed by atoms with Gasteiger partial charge in [0.25, 0.3) is 0 Å². The van der Waals surface area contributed by atoms with Gasteiger partial charge in [0, 0.05) is 19.6 Å². The maximum atomic E-state index is 3.49. The zero-order valence-electron chi connectivity index (χ0n) is 9.21. The highest BCUT2D eigenvalue weighted by atomic mass is 15.1. The fourth-order valence-electron chi connectivity index (χ4n) is 1.81. The second kappa shape index (κ2) is 5.58. The first-order valence-electron chi connectivity index (χ1n) is 5.22. The summed E-state index contributed by atoms with van der Waals surface area (Å²) < 4.78 is 0. The van der Waals surface area contributed by atoms with Crippen LogP contribution in [-0.2, 0) is 0 Å². The van der Waals surface area contributed by atoms with Crippen molar-refractivity contribution in [1.82, 2.24) is 15.1 Å². The summed E-state index contributed by atoms with van der Waals surface area (Å²) >= 11 is 0. The van der Waals surface area contributed by atoms with Crippen LogP contribution in [-0.4, -0.2) is 63.7 Å². The van der Waals surface area contributed by atoms with Crippen molar-refractivity contribution >= 4 is 0 Å². The highest BCUT2D eigenvalue weighted by molar-refractivity contribution is 4.72. The monoisotopic (exact) mass is 185 g/mol. The van der Waals surface area contributed by atoms with Crippen molar-refractivity contribution in [2.75, 3.05) is 53.9 Å². The molecule has 1 aliphatic rings. The van der Waals surface area contributed by atoms with Crippen molar-refractivity contribution in [3.05, 3.63) is 0 Å². The summed E-state index contributed by atoms with van der Waals surface area (Å²) in [5.41, 5.74) is 0. The van der Waals surface area contributed by atoms with Gasteiger partial charge in [-0.2, -0.15) is 0 Å². The molecule has 0 aromatic rings. The summed E-state index contributed by atoms with van der Waals surface area (Å²) in [6.45, 7) is 5.99. The number of nitrogens with one attached hydrogen (secondary N) is 1. The molecule has 0 aliphatic carbocycles. The Hall–Kier alpha value is -0.120. The van der Waals surface area contributed by atoms with Gasteiger partial charge in [0.1, 0.15) is 0 Å². The molecular formula is C10H23N3. The third-order valence-electron chi connectivity index (χ3n) is 2.66. The number of nitrogens with zero attached hydrogens (tertiary/aromatic N) is 2. The highest BCUT2D eigenvalue weighted by Crippen LogP contribution is 2.06. The van der Waals surface area contributed by atoms with Gasteiger partial charge in [0.15, 0.2) is 0 Å². The van der Waals surface area contributed by atoms with Crippen LogP contribution >= 0.6 is 0 Å². The molecule has 1 N–H and O–H groups in total. The molecule has 1 atom stereocenters. The summed E-state index contributed by atoms with van der Waals surface area (Å²) in [6.07, 6.45) is 1.31. The van der Waals surface area contributed by atoms with Gasteiger partial charge in [-0.1, -0.05) is 0 Å². The number of likely N-dealkylation sites (N-methyl/N-ethyl adjacent to an activating group) is 1. The first kappa shape index (κ1) is 11.0. The SMILES string of the molecule is CN(C)CCC1CNCCN(C)C1. The lowest BCUT2D eigenvalue weighted by Gasteiger charge is -2.20. The van der Waals surface area contributed by atoms with Crippen LogP contribution in [0, 0.1) is 5.92 Å². The van der Waals surface area contributed by atoms with Crippen LogP contribution in [0.25, 0.3) is 0 Å². The van der Waals surface area contributed by atoms with E-state index < -0.39 is 0 Å². The molecule has 13 heavy (non-hydrogen) atoms. The quantitative estimate of drug-likeness (QED) is 0.672. The van der Waals surface area contributed by atoms with Gasteiger partial charge in [-0.25, -0.2) is 0 Å². The fourth-order valence-corrected chi connectivity index (χ4v) is 1.81. The predicted molar refractivity (Wildman–Crippen MR) is 57.0 cm³/mol. The molecule has 0 bridgehead atoms. The maximum Gasteiger partial charge on any atom is 0.0104 e. The summed E-state index contributed by atoms with van der Waals surface area (Å²) in [6, 6.07) is 0. The Kier molecular flexibility index (Phi) is 4.70. The largest absolute Gasteiger partial charge is 0.315 e. The van der Waals surface area contributed by atoms with Crippen molar-refractivity contribution in [2.45, 2.75) is 6.42 Å². The highest BCUT2D eigenvalue weighted by Gasteiger charge is 2.14. The van der Waals surface area contributed by atoms with Gasteiger partial charge in [-0.05, 0) is 46.6 Å². The van der Waals surface area contributed by atoms with Crippen LogP contribution < -0.4 is 5.32 Å². The van der Waals surface area contributed by atoms with Crippen molar-refractivity contribution in [3.8, 4) is 0 Å². The third-order valence-corrected chi connectivity index (χ3v) is 2.66. The predicted octanol–water partition coefficient (Wildman–Crippen LogP) is 0.0893. The normalized spacial score (nSPS) is 26.3. The van der Waals surface area contributed by atoms with E-state index in [1.165, 1.54) is 32.6 Å². The maximum absolute atomic E-state index is 3.49. The molecule has 0 spiro atoms. The Morgan fingerprint density at radius 1 is 1.46 bits per heavy atom. The minimum Gasteiger partial charge on any atom is -0.315 e. The molecule has 0 aromatic heterocycles. The summed E-state index contributed by atoms with van der Waals surface area (Å²) in [5.74, 6) is 0.829. The molecule has 1 rings (SSSR count). The molecule has 0 radical (unpaired) electrons. The molecule has 3 nitrogen and oxygen atoms in total. The van der Waals surface area contributed by atoms with Gasteiger partial charge in [0.05, 0.1) is 0 Å². The topological polar surface area (TPSA) is 18.5 Å². The molecule has 1 heterocycles. The molecular weight excluding hydrogens is 162 g/mol. The number of rotatable bonds is 3. The van der Waals surface area contributed by atoms with Crippen molar-refractivity contribution in [1.29, 1.82) is 0 Å². The van der Waals surface area contributed by atoms with Gasteiger partial charge < -0.3 is 15.1 Å². The molecule has 78 valence electrons. The van der Waals surface area contributed by atoms with Gasteiger partial charge in [0.2, 0.25) is 0 Å². The lowest BCUT2D eigenvalue weighted by molar-refractivity contribution is 0.277. The second-order valence-electron chi connectivity index (χ2n) is 4.42. The van der Waals surface area contributed by atoms with E-state index >= 15 is 0 Å². The molecule has 1 aliphatic heterocycles. The van der Waals surface area contributed by atoms with Crippen LogP contribution in [0.1, 0.15) is 6.42 Å². The van der Waals surface area contributed by atoms with Crippen LogP contribution in [0.5, 0.6) is 0 Å². The van der Waals surface area contributed by atoms with E-state index in [9.17, 15) is 0 Å². The fraction of sp³-hybridized carbons (Fsp3) is 1.00. The van der Waals surface area contributed by atoms with E-state index in [4.69, 9.17) is 0 Å². The second-order valence-corrected chi connectivity index (χ2v) is 4.42. The summed E-state index contributed by atoms with van der Waals surface area (Å²) in [7, 11) is 6.51. The van der Waals surface area contributed by atoms with Gasteiger partial charge in [-0.15, -0.1) is 0 Å². The molecule has 0 aromatic carbocycles. The lowest BCUT2D eigenvalue weighted by atomic mass is 10.1. The van der Waals surface area contributed by atoms with E-state index in [1.54, 1.807) is 0 Å². The van der Waals surface area contributed by atoms with Crippen LogP contribution in [0.3, 0.4) is 0 Å². The van der Waals surface area contributed by atoms with E-state index in [0.29, 0.717) is 0 Å². The first-order chi connectivity index (χ1) is 6.18. The van der Waals surface area contributed by atoms with Gasteiger partial charge >= 0.3 is 0 Å². The van der Waals surface area contributed by atoms with E-state index in [1.807, 2.05) is 0 Å². The zero-order chi connectivity index (χ0) is 9.68. The smallest absolute Gasteiger partial charge is 0.0104 e. The lowest BCUT2D eigenvalue weighted by Crippen LogP contribution is -2.28. The van der Waals surface area contributed by atoms with Crippen LogP contribution in [0.2, 0.25) is 0 Å². The Morgan fingerprint density at radius 2 is 2.23 bits per heavy atom. The van der Waals surface area contributed by atoms with Crippen LogP contribution in [0.15, 0.2) is 0 Å². The average Bonchev–Trinajstić information content (AvgIpc) is 2.26. The molecule has 1 unspecified atom stereocenters. The van der Waals surface area contributed by atoms with Gasteiger partial charge in [-0.3, -0.25) is 0 Å². The third kappa shape index (κ3) is 4.60. The molecule has 1 saturated heterocycles. The zero-order valence-corrected chi connectivity index (χ0v) is 9.21. The Morgan fingerprint density at radius 3 is 2.92 bits per heavy atom. The van der Waals surface area contributed by atoms with Crippen molar-refractivity contribution in [3.63, 3.8) is 0 Å².